The minimum atomic E-state index is -0.759. The van der Waals surface area contributed by atoms with E-state index in [0.717, 1.165) is 11.1 Å². The van der Waals surface area contributed by atoms with Gasteiger partial charge >= 0.3 is 0 Å². The summed E-state index contributed by atoms with van der Waals surface area (Å²) < 4.78 is 0. The highest BCUT2D eigenvalue weighted by Gasteiger charge is 2.47. The van der Waals surface area contributed by atoms with Gasteiger partial charge in [-0.25, -0.2) is 0 Å². The lowest BCUT2D eigenvalue weighted by Crippen LogP contribution is -2.53. The predicted molar refractivity (Wildman–Crippen MR) is 159 cm³/mol. The molecule has 2 amide bonds. The smallest absolute Gasteiger partial charge is 0.255 e. The van der Waals surface area contributed by atoms with E-state index in [2.05, 4.69) is 5.32 Å². The highest BCUT2D eigenvalue weighted by atomic mass is 35.5. The molecule has 2 N–H and O–H groups in total. The first-order chi connectivity index (χ1) is 19.5. The van der Waals surface area contributed by atoms with Crippen LogP contribution < -0.4 is 5.32 Å². The maximum absolute atomic E-state index is 14.2. The molecule has 1 unspecified atom stereocenters. The Kier molecular flexibility index (Phi) is 8.85. The zero-order chi connectivity index (χ0) is 28.1. The van der Waals surface area contributed by atoms with Crippen molar-refractivity contribution in [3.8, 4) is 0 Å². The van der Waals surface area contributed by atoms with Gasteiger partial charge in [-0.2, -0.15) is 0 Å². The molecule has 0 radical (unpaired) electrons. The van der Waals surface area contributed by atoms with Crippen LogP contribution in [0.2, 0.25) is 10.0 Å². The molecule has 3 atom stereocenters. The third-order valence-electron chi connectivity index (χ3n) is 7.41. The van der Waals surface area contributed by atoms with Crippen molar-refractivity contribution in [3.05, 3.63) is 141 Å². The number of fused-ring (bicyclic) bond motifs is 1. The number of rotatable bonds is 9. The van der Waals surface area contributed by atoms with E-state index >= 15 is 0 Å². The van der Waals surface area contributed by atoms with Crippen LogP contribution >= 0.6 is 23.2 Å². The molecule has 5 rings (SSSR count). The first kappa shape index (κ1) is 27.9. The Bertz CT molecular complexity index is 1480. The van der Waals surface area contributed by atoms with Crippen LogP contribution in [0.1, 0.15) is 44.6 Å². The number of halogens is 2. The number of carbonyl (C=O) groups is 2. The molecule has 0 saturated carbocycles. The number of hydrogen-bond donors (Lipinski definition) is 2. The third kappa shape index (κ3) is 5.92. The molecule has 0 spiro atoms. The summed E-state index contributed by atoms with van der Waals surface area (Å²) in [6.07, 6.45) is 1.08. The fourth-order valence-corrected chi connectivity index (χ4v) is 6.05. The Morgan fingerprint density at radius 2 is 1.50 bits per heavy atom. The van der Waals surface area contributed by atoms with E-state index in [4.69, 9.17) is 23.2 Å². The second kappa shape index (κ2) is 12.7. The molecular weight excluding hydrogens is 543 g/mol. The van der Waals surface area contributed by atoms with E-state index in [0.29, 0.717) is 46.1 Å². The maximum Gasteiger partial charge on any atom is 0.255 e. The summed E-state index contributed by atoms with van der Waals surface area (Å²) >= 11 is 13.0. The summed E-state index contributed by atoms with van der Waals surface area (Å²) in [5, 5.41) is 14.5. The molecule has 0 bridgehead atoms. The molecule has 7 heteroatoms. The average molecular weight is 574 g/mol. The van der Waals surface area contributed by atoms with Gasteiger partial charge in [-0.3, -0.25) is 9.59 Å². The van der Waals surface area contributed by atoms with Crippen molar-refractivity contribution in [2.24, 2.45) is 0 Å². The van der Waals surface area contributed by atoms with Gasteiger partial charge in [-0.1, -0.05) is 108 Å². The predicted octanol–water partition coefficient (Wildman–Crippen LogP) is 6.24. The summed E-state index contributed by atoms with van der Waals surface area (Å²) in [6, 6.07) is 30.6. The van der Waals surface area contributed by atoms with E-state index in [1.54, 1.807) is 35.2 Å². The number of aliphatic hydroxyl groups is 1. The molecule has 40 heavy (non-hydrogen) atoms. The van der Waals surface area contributed by atoms with Crippen molar-refractivity contribution in [2.45, 2.75) is 30.8 Å². The fraction of sp³-hybridized carbons (Fsp3) is 0.212. The lowest BCUT2D eigenvalue weighted by atomic mass is 9.78. The highest BCUT2D eigenvalue weighted by molar-refractivity contribution is 6.35. The van der Waals surface area contributed by atoms with Crippen LogP contribution in [0, 0.1) is 0 Å². The van der Waals surface area contributed by atoms with Crippen molar-refractivity contribution in [1.82, 2.24) is 10.2 Å². The Morgan fingerprint density at radius 3 is 2.17 bits per heavy atom. The largest absolute Gasteiger partial charge is 0.394 e. The number of nitrogens with one attached hydrogen (secondary N) is 1. The first-order valence-corrected chi connectivity index (χ1v) is 14.1. The minimum Gasteiger partial charge on any atom is -0.394 e. The first-order valence-electron chi connectivity index (χ1n) is 13.3. The van der Waals surface area contributed by atoms with Gasteiger partial charge in [0.15, 0.2) is 0 Å². The number of hydrogen-bond acceptors (Lipinski definition) is 3. The number of benzene rings is 4. The molecule has 4 aromatic carbocycles. The molecule has 0 fully saturated rings. The molecule has 4 aromatic rings. The van der Waals surface area contributed by atoms with Gasteiger partial charge in [0.1, 0.15) is 0 Å². The lowest BCUT2D eigenvalue weighted by Gasteiger charge is -2.45. The van der Waals surface area contributed by atoms with Crippen molar-refractivity contribution < 1.29 is 14.7 Å². The molecule has 1 aliphatic rings. The van der Waals surface area contributed by atoms with Crippen LogP contribution in [-0.2, 0) is 17.6 Å². The zero-order valence-corrected chi connectivity index (χ0v) is 23.4. The van der Waals surface area contributed by atoms with Crippen LogP contribution in [-0.4, -0.2) is 41.0 Å². The van der Waals surface area contributed by atoms with E-state index in [1.165, 1.54) is 0 Å². The fourth-order valence-electron chi connectivity index (χ4n) is 5.53. The molecule has 0 aromatic heterocycles. The summed E-state index contributed by atoms with van der Waals surface area (Å²) in [4.78, 5) is 29.8. The molecule has 0 saturated heterocycles. The van der Waals surface area contributed by atoms with Gasteiger partial charge in [-0.05, 0) is 53.3 Å². The monoisotopic (exact) mass is 572 g/mol. The average Bonchev–Trinajstić information content (AvgIpc) is 2.97. The van der Waals surface area contributed by atoms with Gasteiger partial charge in [-0.15, -0.1) is 0 Å². The topological polar surface area (TPSA) is 69.6 Å². The van der Waals surface area contributed by atoms with E-state index in [-0.39, 0.29) is 18.4 Å². The van der Waals surface area contributed by atoms with Gasteiger partial charge < -0.3 is 15.3 Å². The lowest BCUT2D eigenvalue weighted by molar-refractivity contribution is -0.124. The standard InChI is InChI=1S/C33H30Cl2N2O3/c34-24-15-16-28(29(35)20-24)31-30(32(39)36-18-17-22-9-3-1-4-10-22)26-13-7-8-14-27(26)33(40)37(31)25(21-38)19-23-11-5-2-6-12-23/h1-16,20,25,30-31,38H,17-19,21H2,(H,36,39)/t25?,30-,31+/m1/s1. The van der Waals surface area contributed by atoms with Crippen molar-refractivity contribution in [3.63, 3.8) is 0 Å². The van der Waals surface area contributed by atoms with E-state index in [9.17, 15) is 14.7 Å². The minimum absolute atomic E-state index is 0.215. The van der Waals surface area contributed by atoms with Crippen molar-refractivity contribution in [1.29, 1.82) is 0 Å². The Labute approximate surface area is 244 Å². The summed E-state index contributed by atoms with van der Waals surface area (Å²) in [5.41, 5.74) is 3.76. The second-order valence-corrected chi connectivity index (χ2v) is 10.8. The van der Waals surface area contributed by atoms with Crippen LogP contribution in [0.4, 0.5) is 0 Å². The Morgan fingerprint density at radius 1 is 0.850 bits per heavy atom. The quantitative estimate of drug-likeness (QED) is 0.249. The van der Waals surface area contributed by atoms with Crippen molar-refractivity contribution >= 4 is 35.0 Å². The van der Waals surface area contributed by atoms with Crippen LogP contribution in [0.15, 0.2) is 103 Å². The molecule has 1 heterocycles. The molecular formula is C33H30Cl2N2O3. The number of carbonyl (C=O) groups excluding carboxylic acids is 2. The van der Waals surface area contributed by atoms with Crippen LogP contribution in [0.5, 0.6) is 0 Å². The van der Waals surface area contributed by atoms with Crippen molar-refractivity contribution in [2.75, 3.05) is 13.2 Å². The molecule has 5 nitrogen and oxygen atoms in total. The van der Waals surface area contributed by atoms with E-state index < -0.39 is 18.0 Å². The van der Waals surface area contributed by atoms with Gasteiger partial charge in [0, 0.05) is 22.2 Å². The Hall–Kier alpha value is -3.64. The van der Waals surface area contributed by atoms with Crippen LogP contribution in [0.25, 0.3) is 0 Å². The summed E-state index contributed by atoms with van der Waals surface area (Å²) in [7, 11) is 0. The SMILES string of the molecule is O=C(NCCc1ccccc1)[C@@H]1c2ccccc2C(=O)N(C(CO)Cc2ccccc2)[C@H]1c1ccc(Cl)cc1Cl. The molecule has 1 aliphatic heterocycles. The zero-order valence-electron chi connectivity index (χ0n) is 21.8. The van der Waals surface area contributed by atoms with Crippen LogP contribution in [0.3, 0.4) is 0 Å². The highest BCUT2D eigenvalue weighted by Crippen LogP contribution is 2.46. The summed E-state index contributed by atoms with van der Waals surface area (Å²) in [5.74, 6) is -1.23. The van der Waals surface area contributed by atoms with Gasteiger partial charge in [0.2, 0.25) is 5.91 Å². The second-order valence-electron chi connectivity index (χ2n) is 9.94. The summed E-state index contributed by atoms with van der Waals surface area (Å²) in [6.45, 7) is 0.150. The molecule has 0 aliphatic carbocycles. The number of amides is 2. The third-order valence-corrected chi connectivity index (χ3v) is 7.98. The maximum atomic E-state index is 14.2. The molecule has 204 valence electrons. The van der Waals surface area contributed by atoms with E-state index in [1.807, 2.05) is 72.8 Å². The van der Waals surface area contributed by atoms with Gasteiger partial charge in [0.25, 0.3) is 5.91 Å². The van der Waals surface area contributed by atoms with Gasteiger partial charge in [0.05, 0.1) is 24.6 Å². The normalized spacial score (nSPS) is 17.3. The Balaban J connectivity index is 1.58. The number of aliphatic hydroxyl groups excluding tert-OH is 1. The number of nitrogens with zero attached hydrogens (tertiary/aromatic N) is 1.